The van der Waals surface area contributed by atoms with E-state index in [0.717, 1.165) is 0 Å². The molecule has 0 spiro atoms. The second kappa shape index (κ2) is 12.4. The van der Waals surface area contributed by atoms with E-state index in [9.17, 15) is 4.79 Å². The van der Waals surface area contributed by atoms with Gasteiger partial charge in [0.25, 0.3) is 0 Å². The van der Waals surface area contributed by atoms with Crippen molar-refractivity contribution in [3.8, 4) is 22.3 Å². The molecule has 0 radical (unpaired) electrons. The first-order valence-electron chi connectivity index (χ1n) is 15.4. The first-order valence-corrected chi connectivity index (χ1v) is 17.3. The maximum Gasteiger partial charge on any atom is 0.134 e. The summed E-state index contributed by atoms with van der Waals surface area (Å²) >= 11 is 0. The van der Waals surface area contributed by atoms with E-state index < -0.39 is 7.92 Å². The van der Waals surface area contributed by atoms with Gasteiger partial charge < -0.3 is 0 Å². The minimum Gasteiger partial charge on any atom is -0.300 e. The predicted octanol–water partition coefficient (Wildman–Crippen LogP) is 10.5. The Morgan fingerprint density at radius 2 is 0.909 bits per heavy atom. The second-order valence-electron chi connectivity index (χ2n) is 13.0. The van der Waals surface area contributed by atoms with E-state index in [-0.39, 0.29) is 10.3 Å². The third-order valence-corrected chi connectivity index (χ3v) is 12.8. The van der Waals surface area contributed by atoms with E-state index in [1.165, 1.54) is 54.4 Å². The number of Topliss-reactive ketones (excluding diaryl/α,β-unsaturated/α-hetero) is 1. The fourth-order valence-electron chi connectivity index (χ4n) is 7.22. The zero-order chi connectivity index (χ0) is 30.9. The Balaban J connectivity index is 0.000000173. The van der Waals surface area contributed by atoms with Crippen LogP contribution in [0.1, 0.15) is 40.5 Å². The summed E-state index contributed by atoms with van der Waals surface area (Å²) in [6.07, 6.45) is 1.37. The Bertz CT molecular complexity index is 1940. The third-order valence-electron chi connectivity index (χ3n) is 8.74. The smallest absolute Gasteiger partial charge is 0.134 e. The van der Waals surface area contributed by atoms with Gasteiger partial charge in [-0.2, -0.15) is 0 Å². The van der Waals surface area contributed by atoms with E-state index in [1.54, 1.807) is 0 Å². The maximum absolute atomic E-state index is 12.4. The van der Waals surface area contributed by atoms with Gasteiger partial charge in [0, 0.05) is 12.8 Å². The highest BCUT2D eigenvalue weighted by atomic mass is 31.1. The van der Waals surface area contributed by atoms with Crippen LogP contribution < -0.4 is 10.6 Å². The molecule has 1 unspecified atom stereocenters. The molecule has 0 saturated carbocycles. The van der Waals surface area contributed by atoms with Crippen molar-refractivity contribution in [1.82, 2.24) is 0 Å². The lowest BCUT2D eigenvalue weighted by molar-refractivity contribution is -0.120. The van der Waals surface area contributed by atoms with Crippen LogP contribution in [0.4, 0.5) is 0 Å². The Morgan fingerprint density at radius 1 is 0.500 bits per heavy atom. The number of rotatable bonds is 3. The lowest BCUT2D eigenvalue weighted by Crippen LogP contribution is -2.43. The Kier molecular flexibility index (Phi) is 8.57. The minimum absolute atomic E-state index is 0.00878. The molecule has 1 heterocycles. The zero-order valence-electron chi connectivity index (χ0n) is 26.0. The van der Waals surface area contributed by atoms with Gasteiger partial charge in [-0.1, -0.05) is 169 Å². The SMILES string of the molecule is CC1(C)CC(=O)CC(C)(C)P1c1ccccc1-c1cccc2ccccc12.Pc1ccccc1-c1cccc2ccccc12. The van der Waals surface area contributed by atoms with Gasteiger partial charge in [-0.25, -0.2) is 0 Å². The summed E-state index contributed by atoms with van der Waals surface area (Å²) in [5.41, 5.74) is 5.22. The average molecular weight is 611 g/mol. The molecule has 1 nitrogen and oxygen atoms in total. The van der Waals surface area contributed by atoms with E-state index >= 15 is 0 Å². The summed E-state index contributed by atoms with van der Waals surface area (Å²) in [4.78, 5) is 12.4. The molecule has 220 valence electrons. The number of ketones is 1. The van der Waals surface area contributed by atoms with Gasteiger partial charge in [0.05, 0.1) is 0 Å². The summed E-state index contributed by atoms with van der Waals surface area (Å²) in [6, 6.07) is 47.5. The third kappa shape index (κ3) is 6.02. The van der Waals surface area contributed by atoms with Gasteiger partial charge in [0.15, 0.2) is 0 Å². The molecule has 1 atom stereocenters. The van der Waals surface area contributed by atoms with Crippen molar-refractivity contribution in [3.05, 3.63) is 133 Å². The Hall–Kier alpha value is -3.63. The first-order chi connectivity index (χ1) is 21.2. The summed E-state index contributed by atoms with van der Waals surface area (Å²) in [7, 11) is 2.31. The van der Waals surface area contributed by atoms with Crippen LogP contribution in [-0.4, -0.2) is 16.1 Å². The monoisotopic (exact) mass is 610 g/mol. The fourth-order valence-corrected chi connectivity index (χ4v) is 11.9. The zero-order valence-corrected chi connectivity index (χ0v) is 28.1. The van der Waals surface area contributed by atoms with E-state index in [4.69, 9.17) is 0 Å². The standard InChI is InChI=1S/C25H27OP.C16H13P/c1-24(2)16-19(26)17-25(3,4)27(24)23-15-8-7-13-22(23)21-14-9-11-18-10-5-6-12-20(18)21;17-16-11-4-3-9-15(16)14-10-5-7-12-6-1-2-8-13(12)14/h5-15H,16-17H2,1-4H3;1-11H,17H2. The summed E-state index contributed by atoms with van der Waals surface area (Å²) in [5.74, 6) is 0.409. The van der Waals surface area contributed by atoms with Crippen LogP contribution in [0.5, 0.6) is 0 Å². The van der Waals surface area contributed by atoms with Gasteiger partial charge in [-0.15, -0.1) is 9.24 Å². The molecule has 6 aromatic carbocycles. The van der Waals surface area contributed by atoms with Gasteiger partial charge >= 0.3 is 0 Å². The highest BCUT2D eigenvalue weighted by molar-refractivity contribution is 7.69. The van der Waals surface area contributed by atoms with Crippen LogP contribution in [0.15, 0.2) is 133 Å². The molecule has 1 aliphatic rings. The van der Waals surface area contributed by atoms with Crippen molar-refractivity contribution < 1.29 is 4.79 Å². The van der Waals surface area contributed by atoms with Gasteiger partial charge in [0.2, 0.25) is 0 Å². The predicted molar refractivity (Wildman–Crippen MR) is 197 cm³/mol. The van der Waals surface area contributed by atoms with Crippen molar-refractivity contribution in [2.45, 2.75) is 50.8 Å². The molecule has 44 heavy (non-hydrogen) atoms. The molecule has 0 amide bonds. The maximum atomic E-state index is 12.4. The number of hydrogen-bond donors (Lipinski definition) is 0. The highest BCUT2D eigenvalue weighted by Crippen LogP contribution is 2.65. The molecule has 7 rings (SSSR count). The van der Waals surface area contributed by atoms with Crippen LogP contribution in [0, 0.1) is 0 Å². The van der Waals surface area contributed by atoms with E-state index in [1.807, 2.05) is 0 Å². The topological polar surface area (TPSA) is 17.1 Å². The summed E-state index contributed by atoms with van der Waals surface area (Å²) in [5, 5.41) is 7.86. The molecule has 0 aromatic heterocycles. The van der Waals surface area contributed by atoms with Crippen LogP contribution in [-0.2, 0) is 4.79 Å². The molecule has 0 bridgehead atoms. The molecule has 0 aliphatic carbocycles. The number of fused-ring (bicyclic) bond motifs is 2. The Morgan fingerprint density at radius 3 is 1.48 bits per heavy atom. The molecule has 0 N–H and O–H groups in total. The lowest BCUT2D eigenvalue weighted by atomic mass is 9.96. The summed E-state index contributed by atoms with van der Waals surface area (Å²) < 4.78 is 0. The van der Waals surface area contributed by atoms with Crippen LogP contribution in [0.25, 0.3) is 43.8 Å². The van der Waals surface area contributed by atoms with Gasteiger partial charge in [0.1, 0.15) is 5.78 Å². The molecular weight excluding hydrogens is 570 g/mol. The highest BCUT2D eigenvalue weighted by Gasteiger charge is 2.48. The van der Waals surface area contributed by atoms with Crippen molar-refractivity contribution in [1.29, 1.82) is 0 Å². The van der Waals surface area contributed by atoms with Crippen molar-refractivity contribution in [3.63, 3.8) is 0 Å². The van der Waals surface area contributed by atoms with Crippen LogP contribution in [0.3, 0.4) is 0 Å². The minimum atomic E-state index is -0.501. The molecule has 1 fully saturated rings. The van der Waals surface area contributed by atoms with Crippen molar-refractivity contribution in [2.75, 3.05) is 0 Å². The molecule has 3 heteroatoms. The van der Waals surface area contributed by atoms with Crippen LogP contribution >= 0.6 is 17.2 Å². The fraction of sp³-hybridized carbons (Fsp3) is 0.195. The quantitative estimate of drug-likeness (QED) is 0.182. The molecule has 1 aliphatic heterocycles. The van der Waals surface area contributed by atoms with Gasteiger partial charge in [-0.05, 0) is 64.7 Å². The van der Waals surface area contributed by atoms with Gasteiger partial charge in [-0.3, -0.25) is 4.79 Å². The largest absolute Gasteiger partial charge is 0.300 e. The number of carbonyl (C=O) groups is 1. The Labute approximate surface area is 265 Å². The number of carbonyl (C=O) groups excluding carboxylic acids is 1. The second-order valence-corrected chi connectivity index (χ2v) is 17.2. The molecule has 1 saturated heterocycles. The van der Waals surface area contributed by atoms with E-state index in [0.29, 0.717) is 18.6 Å². The average Bonchev–Trinajstić information content (AvgIpc) is 3.00. The summed E-state index contributed by atoms with van der Waals surface area (Å²) in [6.45, 7) is 9.16. The first kappa shape index (κ1) is 30.4. The van der Waals surface area contributed by atoms with E-state index in [2.05, 4.69) is 170 Å². The normalized spacial score (nSPS) is 16.0. The number of hydrogen-bond acceptors (Lipinski definition) is 1. The molecule has 6 aromatic rings. The van der Waals surface area contributed by atoms with Crippen LogP contribution in [0.2, 0.25) is 0 Å². The van der Waals surface area contributed by atoms with Crippen molar-refractivity contribution >= 4 is 55.1 Å². The number of benzene rings is 6. The molecular formula is C41H40OP2. The van der Waals surface area contributed by atoms with Crippen molar-refractivity contribution in [2.24, 2.45) is 0 Å². The lowest BCUT2D eigenvalue weighted by Gasteiger charge is -2.49.